The minimum absolute atomic E-state index is 0.707. The van der Waals surface area contributed by atoms with Crippen LogP contribution in [0.3, 0.4) is 0 Å². The van der Waals surface area contributed by atoms with Gasteiger partial charge in [0.1, 0.15) is 0 Å². The fraction of sp³-hybridized carbons (Fsp3) is 0.529. The Balaban J connectivity index is 1.56. The zero-order chi connectivity index (χ0) is 14.7. The molecule has 3 rings (SSSR count). The number of rotatable bonds is 5. The van der Waals surface area contributed by atoms with E-state index < -0.39 is 0 Å². The van der Waals surface area contributed by atoms with E-state index in [0.717, 1.165) is 18.7 Å². The molecule has 0 amide bonds. The Morgan fingerprint density at radius 3 is 3.00 bits per heavy atom. The number of aryl methyl sites for hydroxylation is 3. The van der Waals surface area contributed by atoms with Crippen LogP contribution < -0.4 is 0 Å². The molecule has 1 fully saturated rings. The minimum atomic E-state index is 0.707. The molecule has 3 heterocycles. The van der Waals surface area contributed by atoms with Gasteiger partial charge in [-0.15, -0.1) is 0 Å². The van der Waals surface area contributed by atoms with E-state index in [2.05, 4.69) is 40.2 Å². The van der Waals surface area contributed by atoms with E-state index in [1.165, 1.54) is 36.9 Å². The highest BCUT2D eigenvalue weighted by atomic mass is 15.2. The van der Waals surface area contributed by atoms with Crippen molar-refractivity contribution in [1.82, 2.24) is 19.7 Å². The predicted molar refractivity (Wildman–Crippen MR) is 83.9 cm³/mol. The summed E-state index contributed by atoms with van der Waals surface area (Å²) in [5.41, 5.74) is 3.85. The first kappa shape index (κ1) is 14.3. The summed E-state index contributed by atoms with van der Waals surface area (Å²) in [5, 5.41) is 4.27. The Hall–Kier alpha value is -1.68. The van der Waals surface area contributed by atoms with Gasteiger partial charge in [0.15, 0.2) is 0 Å². The van der Waals surface area contributed by atoms with Gasteiger partial charge in [0.2, 0.25) is 0 Å². The molecule has 0 radical (unpaired) electrons. The first-order valence-corrected chi connectivity index (χ1v) is 7.84. The summed E-state index contributed by atoms with van der Waals surface area (Å²) >= 11 is 0. The van der Waals surface area contributed by atoms with E-state index in [1.807, 2.05) is 24.1 Å². The maximum Gasteiger partial charge on any atom is 0.0534 e. The molecular weight excluding hydrogens is 260 g/mol. The summed E-state index contributed by atoms with van der Waals surface area (Å²) in [6.07, 6.45) is 11.1. The van der Waals surface area contributed by atoms with Crippen LogP contribution in [0.25, 0.3) is 0 Å². The van der Waals surface area contributed by atoms with Gasteiger partial charge in [-0.2, -0.15) is 5.10 Å². The monoisotopic (exact) mass is 284 g/mol. The average Bonchev–Trinajstić information content (AvgIpc) is 3.06. The molecule has 2 aromatic heterocycles. The molecule has 0 aliphatic carbocycles. The molecule has 2 aromatic rings. The van der Waals surface area contributed by atoms with Crippen LogP contribution >= 0.6 is 0 Å². The third kappa shape index (κ3) is 3.70. The molecule has 4 heteroatoms. The van der Waals surface area contributed by atoms with Crippen LogP contribution in [0.2, 0.25) is 0 Å². The maximum absolute atomic E-state index is 4.27. The van der Waals surface area contributed by atoms with E-state index in [1.54, 1.807) is 0 Å². The second-order valence-corrected chi connectivity index (χ2v) is 6.13. The topological polar surface area (TPSA) is 34.0 Å². The largest absolute Gasteiger partial charge is 0.296 e. The van der Waals surface area contributed by atoms with E-state index in [4.69, 9.17) is 0 Å². The van der Waals surface area contributed by atoms with Crippen molar-refractivity contribution in [2.45, 2.75) is 45.2 Å². The van der Waals surface area contributed by atoms with Gasteiger partial charge < -0.3 is 0 Å². The van der Waals surface area contributed by atoms with Crippen LogP contribution in [0, 0.1) is 6.92 Å². The number of aromatic nitrogens is 3. The molecule has 0 bridgehead atoms. The molecule has 21 heavy (non-hydrogen) atoms. The van der Waals surface area contributed by atoms with Crippen molar-refractivity contribution in [2.75, 3.05) is 6.54 Å². The molecule has 1 aliphatic rings. The molecule has 0 N–H and O–H groups in total. The zero-order valence-corrected chi connectivity index (χ0v) is 13.0. The summed E-state index contributed by atoms with van der Waals surface area (Å²) in [6, 6.07) is 5.06. The second kappa shape index (κ2) is 6.39. The van der Waals surface area contributed by atoms with Crippen LogP contribution in [0.15, 0.2) is 30.7 Å². The molecule has 0 unspecified atom stereocenters. The van der Waals surface area contributed by atoms with Crippen molar-refractivity contribution in [3.05, 3.63) is 47.5 Å². The number of hydrogen-bond donors (Lipinski definition) is 0. The molecule has 0 aromatic carbocycles. The Morgan fingerprint density at radius 1 is 1.33 bits per heavy atom. The van der Waals surface area contributed by atoms with Gasteiger partial charge in [-0.3, -0.25) is 14.6 Å². The summed E-state index contributed by atoms with van der Waals surface area (Å²) in [5.74, 6) is 0. The number of nitrogens with zero attached hydrogens (tertiary/aromatic N) is 4. The highest BCUT2D eigenvalue weighted by Gasteiger charge is 2.24. The van der Waals surface area contributed by atoms with E-state index in [-0.39, 0.29) is 0 Å². The van der Waals surface area contributed by atoms with Crippen molar-refractivity contribution < 1.29 is 0 Å². The van der Waals surface area contributed by atoms with Crippen LogP contribution in [0.5, 0.6) is 0 Å². The molecule has 112 valence electrons. The number of likely N-dealkylation sites (tertiary alicyclic amines) is 1. The molecule has 1 saturated heterocycles. The SMILES string of the molecule is Cc1cc(CC[C@H]2CCCN2Cc2cnn(C)c2)ccn1. The molecule has 0 saturated carbocycles. The maximum atomic E-state index is 4.27. The average molecular weight is 284 g/mol. The fourth-order valence-corrected chi connectivity index (χ4v) is 3.31. The fourth-order valence-electron chi connectivity index (χ4n) is 3.31. The highest BCUT2D eigenvalue weighted by molar-refractivity contribution is 5.15. The first-order chi connectivity index (χ1) is 10.2. The Bertz CT molecular complexity index is 590. The zero-order valence-electron chi connectivity index (χ0n) is 13.0. The number of pyridine rings is 1. The van der Waals surface area contributed by atoms with Crippen LogP contribution in [0.1, 0.15) is 36.1 Å². The normalized spacial score (nSPS) is 19.2. The van der Waals surface area contributed by atoms with E-state index in [0.29, 0.717) is 6.04 Å². The summed E-state index contributed by atoms with van der Waals surface area (Å²) in [6.45, 7) is 4.32. The smallest absolute Gasteiger partial charge is 0.0534 e. The van der Waals surface area contributed by atoms with Gasteiger partial charge in [-0.25, -0.2) is 0 Å². The third-order valence-electron chi connectivity index (χ3n) is 4.37. The van der Waals surface area contributed by atoms with Crippen molar-refractivity contribution >= 4 is 0 Å². The van der Waals surface area contributed by atoms with Gasteiger partial charge in [0, 0.05) is 43.3 Å². The Kier molecular flexibility index (Phi) is 4.34. The predicted octanol–water partition coefficient (Wildman–Crippen LogP) is 2.72. The van der Waals surface area contributed by atoms with Crippen LogP contribution in [0.4, 0.5) is 0 Å². The minimum Gasteiger partial charge on any atom is -0.296 e. The van der Waals surface area contributed by atoms with Gasteiger partial charge in [-0.1, -0.05) is 0 Å². The second-order valence-electron chi connectivity index (χ2n) is 6.13. The van der Waals surface area contributed by atoms with Gasteiger partial charge in [0.25, 0.3) is 0 Å². The molecule has 1 atom stereocenters. The molecule has 0 spiro atoms. The number of hydrogen-bond acceptors (Lipinski definition) is 3. The van der Waals surface area contributed by atoms with E-state index in [9.17, 15) is 0 Å². The van der Waals surface area contributed by atoms with Crippen molar-refractivity contribution in [1.29, 1.82) is 0 Å². The quantitative estimate of drug-likeness (QED) is 0.846. The lowest BCUT2D eigenvalue weighted by Crippen LogP contribution is -2.29. The standard InChI is InChI=1S/C17H24N4/c1-14-10-15(7-8-18-14)5-6-17-4-3-9-21(17)13-16-11-19-20(2)12-16/h7-8,10-12,17H,3-6,9,13H2,1-2H3/t17-/m1/s1. The molecule has 1 aliphatic heterocycles. The van der Waals surface area contributed by atoms with Gasteiger partial charge in [-0.05, 0) is 56.8 Å². The van der Waals surface area contributed by atoms with Crippen molar-refractivity contribution in [3.63, 3.8) is 0 Å². The van der Waals surface area contributed by atoms with Gasteiger partial charge in [0.05, 0.1) is 6.20 Å². The van der Waals surface area contributed by atoms with Crippen molar-refractivity contribution in [3.8, 4) is 0 Å². The summed E-state index contributed by atoms with van der Waals surface area (Å²) in [4.78, 5) is 6.89. The van der Waals surface area contributed by atoms with Crippen molar-refractivity contribution in [2.24, 2.45) is 7.05 Å². The third-order valence-corrected chi connectivity index (χ3v) is 4.37. The lowest BCUT2D eigenvalue weighted by molar-refractivity contribution is 0.234. The Morgan fingerprint density at radius 2 is 2.24 bits per heavy atom. The summed E-state index contributed by atoms with van der Waals surface area (Å²) < 4.78 is 1.89. The Labute approximate surface area is 126 Å². The van der Waals surface area contributed by atoms with Crippen LogP contribution in [-0.2, 0) is 20.0 Å². The van der Waals surface area contributed by atoms with Gasteiger partial charge >= 0.3 is 0 Å². The van der Waals surface area contributed by atoms with E-state index >= 15 is 0 Å². The van der Waals surface area contributed by atoms with Crippen LogP contribution in [-0.4, -0.2) is 32.3 Å². The lowest BCUT2D eigenvalue weighted by atomic mass is 10.0. The lowest BCUT2D eigenvalue weighted by Gasteiger charge is -2.24. The molecule has 4 nitrogen and oxygen atoms in total. The highest BCUT2D eigenvalue weighted by Crippen LogP contribution is 2.23. The summed E-state index contributed by atoms with van der Waals surface area (Å²) in [7, 11) is 1.98. The first-order valence-electron chi connectivity index (χ1n) is 7.84. The molecular formula is C17H24N4.